The topological polar surface area (TPSA) is 37.8 Å². The SMILES string of the molecule is CNc1nc(-c2cc(C)c(Br)c(C)c2)nc(C(C)C)c1I. The van der Waals surface area contributed by atoms with Crippen LogP contribution in [0.4, 0.5) is 5.82 Å². The lowest BCUT2D eigenvalue weighted by molar-refractivity contribution is 0.809. The number of halogens is 2. The third-order valence-corrected chi connectivity index (χ3v) is 5.67. The first-order chi connectivity index (χ1) is 9.85. The lowest BCUT2D eigenvalue weighted by atomic mass is 10.1. The van der Waals surface area contributed by atoms with E-state index in [9.17, 15) is 0 Å². The van der Waals surface area contributed by atoms with Gasteiger partial charge in [0.15, 0.2) is 5.82 Å². The smallest absolute Gasteiger partial charge is 0.161 e. The maximum atomic E-state index is 4.79. The zero-order valence-corrected chi connectivity index (χ0v) is 16.6. The van der Waals surface area contributed by atoms with Crippen molar-refractivity contribution in [1.82, 2.24) is 9.97 Å². The quantitative estimate of drug-likeness (QED) is 0.633. The molecule has 1 aromatic carbocycles. The van der Waals surface area contributed by atoms with Crippen LogP contribution in [0.1, 0.15) is 36.6 Å². The van der Waals surface area contributed by atoms with E-state index in [2.05, 4.69) is 88.6 Å². The number of benzene rings is 1. The van der Waals surface area contributed by atoms with Gasteiger partial charge in [0.2, 0.25) is 0 Å². The van der Waals surface area contributed by atoms with Crippen LogP contribution in [0.25, 0.3) is 11.4 Å². The largest absolute Gasteiger partial charge is 0.372 e. The predicted octanol–water partition coefficient (Wildman–Crippen LogP) is 5.29. The van der Waals surface area contributed by atoms with Crippen molar-refractivity contribution < 1.29 is 0 Å². The second kappa shape index (κ2) is 6.60. The number of nitrogens with zero attached hydrogens (tertiary/aromatic N) is 2. The maximum Gasteiger partial charge on any atom is 0.161 e. The summed E-state index contributed by atoms with van der Waals surface area (Å²) in [6.45, 7) is 8.50. The van der Waals surface area contributed by atoms with Gasteiger partial charge in [-0.1, -0.05) is 29.8 Å². The molecular weight excluding hydrogens is 441 g/mol. The molecule has 2 aromatic rings. The van der Waals surface area contributed by atoms with Gasteiger partial charge in [-0.15, -0.1) is 0 Å². The summed E-state index contributed by atoms with van der Waals surface area (Å²) in [4.78, 5) is 9.46. The molecule has 0 saturated heterocycles. The van der Waals surface area contributed by atoms with E-state index in [0.29, 0.717) is 5.92 Å². The lowest BCUT2D eigenvalue weighted by Gasteiger charge is -2.14. The standard InChI is InChI=1S/C16H19BrIN3/c1-8(2)14-13(18)16(19-5)21-15(20-14)11-6-9(3)12(17)10(4)7-11/h6-8H,1-5H3,(H,19,20,21). The Morgan fingerprint density at radius 3 is 2.19 bits per heavy atom. The van der Waals surface area contributed by atoms with E-state index in [1.165, 1.54) is 11.1 Å². The average Bonchev–Trinajstić information content (AvgIpc) is 2.44. The van der Waals surface area contributed by atoms with Crippen LogP contribution in [-0.4, -0.2) is 17.0 Å². The molecule has 5 heteroatoms. The zero-order chi connectivity index (χ0) is 15.7. The van der Waals surface area contributed by atoms with Gasteiger partial charge in [0.05, 0.1) is 9.26 Å². The van der Waals surface area contributed by atoms with Crippen LogP contribution in [0, 0.1) is 17.4 Å². The van der Waals surface area contributed by atoms with Gasteiger partial charge in [0, 0.05) is 17.1 Å². The average molecular weight is 460 g/mol. The van der Waals surface area contributed by atoms with Gasteiger partial charge in [-0.05, 0) is 65.6 Å². The van der Waals surface area contributed by atoms with Crippen molar-refractivity contribution in [2.75, 3.05) is 12.4 Å². The van der Waals surface area contributed by atoms with Gasteiger partial charge in [0.25, 0.3) is 0 Å². The molecule has 0 unspecified atom stereocenters. The molecule has 0 spiro atoms. The Balaban J connectivity index is 2.67. The second-order valence-corrected chi connectivity index (χ2v) is 7.30. The fourth-order valence-electron chi connectivity index (χ4n) is 2.22. The Kier molecular flexibility index (Phi) is 5.24. The number of aryl methyl sites for hydroxylation is 2. The summed E-state index contributed by atoms with van der Waals surface area (Å²) in [6.07, 6.45) is 0. The summed E-state index contributed by atoms with van der Waals surface area (Å²) in [6, 6.07) is 4.26. The monoisotopic (exact) mass is 459 g/mol. The van der Waals surface area contributed by atoms with E-state index >= 15 is 0 Å². The maximum absolute atomic E-state index is 4.79. The summed E-state index contributed by atoms with van der Waals surface area (Å²) in [7, 11) is 1.90. The van der Waals surface area contributed by atoms with Crippen molar-refractivity contribution in [3.8, 4) is 11.4 Å². The summed E-state index contributed by atoms with van der Waals surface area (Å²) in [5, 5.41) is 3.17. The number of anilines is 1. The summed E-state index contributed by atoms with van der Waals surface area (Å²) in [5.41, 5.74) is 4.54. The minimum atomic E-state index is 0.364. The molecule has 0 atom stereocenters. The lowest BCUT2D eigenvalue weighted by Crippen LogP contribution is -2.07. The highest BCUT2D eigenvalue weighted by Crippen LogP contribution is 2.31. The van der Waals surface area contributed by atoms with Crippen molar-refractivity contribution in [2.24, 2.45) is 0 Å². The zero-order valence-electron chi connectivity index (χ0n) is 12.9. The van der Waals surface area contributed by atoms with E-state index in [1.807, 2.05) is 7.05 Å². The second-order valence-electron chi connectivity index (χ2n) is 5.42. The molecule has 0 aliphatic rings. The van der Waals surface area contributed by atoms with Crippen LogP contribution in [0.3, 0.4) is 0 Å². The predicted molar refractivity (Wildman–Crippen MR) is 101 cm³/mol. The van der Waals surface area contributed by atoms with E-state index < -0.39 is 0 Å². The molecule has 1 N–H and O–H groups in total. The van der Waals surface area contributed by atoms with Crippen molar-refractivity contribution in [3.05, 3.63) is 37.0 Å². The van der Waals surface area contributed by atoms with Crippen LogP contribution in [0.15, 0.2) is 16.6 Å². The highest BCUT2D eigenvalue weighted by Gasteiger charge is 2.16. The molecule has 0 aliphatic heterocycles. The van der Waals surface area contributed by atoms with Crippen molar-refractivity contribution >= 4 is 44.3 Å². The van der Waals surface area contributed by atoms with Crippen LogP contribution < -0.4 is 5.32 Å². The molecule has 0 aliphatic carbocycles. The van der Waals surface area contributed by atoms with Gasteiger partial charge >= 0.3 is 0 Å². The minimum absolute atomic E-state index is 0.364. The summed E-state index contributed by atoms with van der Waals surface area (Å²) in [5.74, 6) is 2.04. The van der Waals surface area contributed by atoms with E-state index in [1.54, 1.807) is 0 Å². The first-order valence-electron chi connectivity index (χ1n) is 6.87. The molecular formula is C16H19BrIN3. The Bertz CT molecular complexity index is 660. The van der Waals surface area contributed by atoms with Crippen molar-refractivity contribution in [1.29, 1.82) is 0 Å². The van der Waals surface area contributed by atoms with Crippen LogP contribution >= 0.6 is 38.5 Å². The Hall–Kier alpha value is -0.690. The Morgan fingerprint density at radius 2 is 1.71 bits per heavy atom. The molecule has 0 radical (unpaired) electrons. The van der Waals surface area contributed by atoms with Crippen LogP contribution in [0.2, 0.25) is 0 Å². The molecule has 1 aromatic heterocycles. The molecule has 0 fully saturated rings. The van der Waals surface area contributed by atoms with Gasteiger partial charge in [-0.3, -0.25) is 0 Å². The van der Waals surface area contributed by atoms with Gasteiger partial charge < -0.3 is 5.32 Å². The fraction of sp³-hybridized carbons (Fsp3) is 0.375. The van der Waals surface area contributed by atoms with Gasteiger partial charge in [-0.25, -0.2) is 9.97 Å². The normalized spacial score (nSPS) is 11.0. The third kappa shape index (κ3) is 3.39. The summed E-state index contributed by atoms with van der Waals surface area (Å²) >= 11 is 5.92. The first kappa shape index (κ1) is 16.7. The fourth-order valence-corrected chi connectivity index (χ4v) is 3.58. The molecule has 21 heavy (non-hydrogen) atoms. The summed E-state index contributed by atoms with van der Waals surface area (Å²) < 4.78 is 2.24. The third-order valence-electron chi connectivity index (χ3n) is 3.36. The number of rotatable bonds is 3. The molecule has 0 saturated carbocycles. The number of nitrogens with one attached hydrogen (secondary N) is 1. The highest BCUT2D eigenvalue weighted by atomic mass is 127. The first-order valence-corrected chi connectivity index (χ1v) is 8.74. The van der Waals surface area contributed by atoms with Crippen LogP contribution in [-0.2, 0) is 0 Å². The number of aromatic nitrogens is 2. The number of hydrogen-bond donors (Lipinski definition) is 1. The molecule has 1 heterocycles. The minimum Gasteiger partial charge on any atom is -0.372 e. The van der Waals surface area contributed by atoms with E-state index in [0.717, 1.165) is 30.9 Å². The molecule has 112 valence electrons. The molecule has 2 rings (SSSR count). The van der Waals surface area contributed by atoms with E-state index in [4.69, 9.17) is 4.98 Å². The van der Waals surface area contributed by atoms with Gasteiger partial charge in [-0.2, -0.15) is 0 Å². The van der Waals surface area contributed by atoms with Crippen molar-refractivity contribution in [2.45, 2.75) is 33.6 Å². The number of hydrogen-bond acceptors (Lipinski definition) is 3. The molecule has 0 amide bonds. The highest BCUT2D eigenvalue weighted by molar-refractivity contribution is 14.1. The Labute approximate surface area is 148 Å². The molecule has 3 nitrogen and oxygen atoms in total. The molecule has 0 bridgehead atoms. The van der Waals surface area contributed by atoms with Crippen LogP contribution in [0.5, 0.6) is 0 Å². The van der Waals surface area contributed by atoms with Crippen molar-refractivity contribution in [3.63, 3.8) is 0 Å². The van der Waals surface area contributed by atoms with Gasteiger partial charge in [0.1, 0.15) is 5.82 Å². The Morgan fingerprint density at radius 1 is 1.14 bits per heavy atom. The van der Waals surface area contributed by atoms with E-state index in [-0.39, 0.29) is 0 Å².